The number of rotatable bonds is 1. The van der Waals surface area contributed by atoms with Crippen LogP contribution >= 0.6 is 0 Å². The molecule has 1 rings (SSSR count). The first-order valence-corrected chi connectivity index (χ1v) is 2.92. The summed E-state index contributed by atoms with van der Waals surface area (Å²) in [6.07, 6.45) is 3.17. The molecule has 3 nitrogen and oxygen atoms in total. The topological polar surface area (TPSA) is 51.4 Å². The SMILES string of the molecule is Cc1cc[nH+]cc1C(=O)O. The molecule has 0 unspecified atom stereocenters. The number of H-pyrrole nitrogens is 1. The highest BCUT2D eigenvalue weighted by Crippen LogP contribution is 2.01. The number of carbonyl (C=O) groups is 1. The van der Waals surface area contributed by atoms with Gasteiger partial charge >= 0.3 is 5.97 Å². The van der Waals surface area contributed by atoms with Crippen LogP contribution in [0.5, 0.6) is 0 Å². The van der Waals surface area contributed by atoms with E-state index in [9.17, 15) is 4.79 Å². The molecule has 0 aliphatic rings. The number of hydrogen-bond acceptors (Lipinski definition) is 1. The van der Waals surface area contributed by atoms with Gasteiger partial charge in [-0.1, -0.05) is 0 Å². The predicted octanol–water partition coefficient (Wildman–Crippen LogP) is 0.507. The van der Waals surface area contributed by atoms with Gasteiger partial charge in [-0.3, -0.25) is 0 Å². The lowest BCUT2D eigenvalue weighted by atomic mass is 10.2. The summed E-state index contributed by atoms with van der Waals surface area (Å²) in [5.74, 6) is -0.894. The predicted molar refractivity (Wildman–Crippen MR) is 34.7 cm³/mol. The van der Waals surface area contributed by atoms with E-state index in [2.05, 4.69) is 4.98 Å². The fraction of sp³-hybridized carbons (Fsp3) is 0.143. The summed E-state index contributed by atoms with van der Waals surface area (Å²) in [5, 5.41) is 8.55. The van der Waals surface area contributed by atoms with Crippen molar-refractivity contribution in [3.8, 4) is 0 Å². The molecule has 0 fully saturated rings. The Hall–Kier alpha value is -1.38. The zero-order valence-electron chi connectivity index (χ0n) is 5.59. The highest BCUT2D eigenvalue weighted by Gasteiger charge is 2.07. The third kappa shape index (κ3) is 1.13. The van der Waals surface area contributed by atoms with Crippen molar-refractivity contribution in [3.63, 3.8) is 0 Å². The molecule has 10 heavy (non-hydrogen) atoms. The van der Waals surface area contributed by atoms with E-state index in [4.69, 9.17) is 5.11 Å². The van der Waals surface area contributed by atoms with Crippen molar-refractivity contribution >= 4 is 5.97 Å². The van der Waals surface area contributed by atoms with Crippen LogP contribution in [0.2, 0.25) is 0 Å². The van der Waals surface area contributed by atoms with E-state index in [1.807, 2.05) is 0 Å². The molecule has 1 aromatic rings. The number of carboxylic acid groups (broad SMARTS) is 1. The Kier molecular flexibility index (Phi) is 1.67. The zero-order valence-corrected chi connectivity index (χ0v) is 5.59. The summed E-state index contributed by atoms with van der Waals surface area (Å²) >= 11 is 0. The smallest absolute Gasteiger partial charge is 0.342 e. The molecule has 0 atom stereocenters. The average Bonchev–Trinajstić information content (AvgIpc) is 1.88. The van der Waals surface area contributed by atoms with Crippen LogP contribution in [0, 0.1) is 6.92 Å². The minimum absolute atomic E-state index is 0.322. The van der Waals surface area contributed by atoms with Crippen LogP contribution in [0.4, 0.5) is 0 Å². The highest BCUT2D eigenvalue weighted by molar-refractivity contribution is 5.88. The molecule has 0 spiro atoms. The van der Waals surface area contributed by atoms with E-state index in [-0.39, 0.29) is 0 Å². The summed E-state index contributed by atoms with van der Waals surface area (Å²) in [6.45, 7) is 1.76. The summed E-state index contributed by atoms with van der Waals surface area (Å²) < 4.78 is 0. The number of nitrogens with one attached hydrogen (secondary N) is 1. The number of aromatic amines is 1. The molecule has 1 heterocycles. The van der Waals surface area contributed by atoms with Gasteiger partial charge in [0.2, 0.25) is 0 Å². The molecule has 0 radical (unpaired) electrons. The Labute approximate surface area is 58.3 Å². The first-order valence-electron chi connectivity index (χ1n) is 2.92. The van der Waals surface area contributed by atoms with Gasteiger partial charge in [0.15, 0.2) is 12.4 Å². The fourth-order valence-corrected chi connectivity index (χ4v) is 0.739. The van der Waals surface area contributed by atoms with Gasteiger partial charge < -0.3 is 5.11 Å². The highest BCUT2D eigenvalue weighted by atomic mass is 16.4. The Morgan fingerprint density at radius 2 is 2.40 bits per heavy atom. The Morgan fingerprint density at radius 1 is 1.70 bits per heavy atom. The van der Waals surface area contributed by atoms with Crippen LogP contribution in [0.15, 0.2) is 18.5 Å². The third-order valence-corrected chi connectivity index (χ3v) is 1.31. The maximum atomic E-state index is 10.4. The van der Waals surface area contributed by atoms with Crippen LogP contribution in [0.3, 0.4) is 0 Å². The number of pyridine rings is 1. The summed E-state index contributed by atoms with van der Waals surface area (Å²) in [5.41, 5.74) is 1.09. The lowest BCUT2D eigenvalue weighted by molar-refractivity contribution is -0.378. The number of aromatic nitrogens is 1. The second-order valence-electron chi connectivity index (χ2n) is 2.05. The number of hydrogen-bond donors (Lipinski definition) is 1. The van der Waals surface area contributed by atoms with Gasteiger partial charge in [0, 0.05) is 6.07 Å². The molecule has 0 bridgehead atoms. The van der Waals surface area contributed by atoms with E-state index in [1.165, 1.54) is 6.20 Å². The van der Waals surface area contributed by atoms with Gasteiger partial charge in [-0.25, -0.2) is 9.78 Å². The molecule has 2 N–H and O–H groups in total. The van der Waals surface area contributed by atoms with Crippen LogP contribution in [-0.2, 0) is 0 Å². The van der Waals surface area contributed by atoms with Crippen molar-refractivity contribution in [2.75, 3.05) is 0 Å². The summed E-state index contributed by atoms with van der Waals surface area (Å²) in [7, 11) is 0. The van der Waals surface area contributed by atoms with E-state index < -0.39 is 5.97 Å². The monoisotopic (exact) mass is 138 g/mol. The van der Waals surface area contributed by atoms with Crippen LogP contribution in [0.25, 0.3) is 0 Å². The van der Waals surface area contributed by atoms with Crippen molar-refractivity contribution in [1.29, 1.82) is 0 Å². The number of aryl methyl sites for hydroxylation is 1. The molecule has 0 amide bonds. The largest absolute Gasteiger partial charge is 0.477 e. The molecular formula is C7H8NO2+. The second-order valence-corrected chi connectivity index (χ2v) is 2.05. The Bertz CT molecular complexity index is 258. The molecule has 0 saturated heterocycles. The van der Waals surface area contributed by atoms with Crippen LogP contribution in [0.1, 0.15) is 15.9 Å². The Morgan fingerprint density at radius 3 is 2.80 bits per heavy atom. The lowest BCUT2D eigenvalue weighted by Crippen LogP contribution is -2.08. The Balaban J connectivity index is 3.15. The normalized spacial score (nSPS) is 9.30. The maximum Gasteiger partial charge on any atom is 0.342 e. The first-order chi connectivity index (χ1) is 4.72. The van der Waals surface area contributed by atoms with E-state index in [0.29, 0.717) is 5.56 Å². The number of carboxylic acids is 1. The van der Waals surface area contributed by atoms with Gasteiger partial charge in [-0.2, -0.15) is 0 Å². The van der Waals surface area contributed by atoms with Gasteiger partial charge in [0.05, 0.1) is 0 Å². The molecule has 0 aliphatic carbocycles. The molecule has 52 valence electrons. The lowest BCUT2D eigenvalue weighted by Gasteiger charge is -1.91. The zero-order chi connectivity index (χ0) is 7.56. The van der Waals surface area contributed by atoms with Gasteiger partial charge in [-0.05, 0) is 12.5 Å². The molecule has 3 heteroatoms. The van der Waals surface area contributed by atoms with Gasteiger partial charge in [0.25, 0.3) is 0 Å². The van der Waals surface area contributed by atoms with Gasteiger partial charge in [0.1, 0.15) is 5.56 Å². The minimum atomic E-state index is -0.894. The first kappa shape index (κ1) is 6.74. The van der Waals surface area contributed by atoms with Crippen molar-refractivity contribution in [1.82, 2.24) is 0 Å². The molecule has 1 aromatic heterocycles. The summed E-state index contributed by atoms with van der Waals surface area (Å²) in [4.78, 5) is 13.1. The van der Waals surface area contributed by atoms with Crippen molar-refractivity contribution in [2.45, 2.75) is 6.92 Å². The third-order valence-electron chi connectivity index (χ3n) is 1.31. The molecule has 0 aliphatic heterocycles. The molecule has 0 aromatic carbocycles. The average molecular weight is 138 g/mol. The van der Waals surface area contributed by atoms with Crippen LogP contribution in [-0.4, -0.2) is 11.1 Å². The van der Waals surface area contributed by atoms with Crippen molar-refractivity contribution < 1.29 is 14.9 Å². The molecular weight excluding hydrogens is 130 g/mol. The standard InChI is InChI=1S/C7H7NO2/c1-5-2-3-8-4-6(5)7(9)10/h2-4H,1H3,(H,9,10)/p+1. The van der Waals surface area contributed by atoms with E-state index in [0.717, 1.165) is 5.56 Å². The second kappa shape index (κ2) is 2.47. The van der Waals surface area contributed by atoms with Crippen molar-refractivity contribution in [3.05, 3.63) is 29.6 Å². The van der Waals surface area contributed by atoms with Crippen molar-refractivity contribution in [2.24, 2.45) is 0 Å². The maximum absolute atomic E-state index is 10.4. The minimum Gasteiger partial charge on any atom is -0.477 e. The molecule has 0 saturated carbocycles. The number of aromatic carboxylic acids is 1. The van der Waals surface area contributed by atoms with Crippen LogP contribution < -0.4 is 4.98 Å². The summed E-state index contributed by atoms with van der Waals surface area (Å²) in [6, 6.07) is 1.73. The van der Waals surface area contributed by atoms with E-state index in [1.54, 1.807) is 19.2 Å². The van der Waals surface area contributed by atoms with Gasteiger partial charge in [-0.15, -0.1) is 0 Å². The van der Waals surface area contributed by atoms with E-state index >= 15 is 0 Å². The fourth-order valence-electron chi connectivity index (χ4n) is 0.739. The quantitative estimate of drug-likeness (QED) is 0.614.